The minimum absolute atomic E-state index is 0. The molecule has 23 heavy (non-hydrogen) atoms. The number of nitrogens with zero attached hydrogens (tertiary/aromatic N) is 2. The van der Waals surface area contributed by atoms with Gasteiger partial charge in [0.05, 0.1) is 12.1 Å². The Morgan fingerprint density at radius 2 is 1.91 bits per heavy atom. The molecule has 0 spiro atoms. The summed E-state index contributed by atoms with van der Waals surface area (Å²) in [6.45, 7) is 0. The van der Waals surface area contributed by atoms with Crippen LogP contribution in [0.1, 0.15) is 5.69 Å². The standard InChI is InChI=1S/C16H11FN2O3.ClH/c17-12-5-3-10(4-6-12)16-19-13(8-14(20)21)15(22-16)11-2-1-7-18-9-11;/h1-7,9H,8H2,(H,20,21);1H. The molecule has 3 aromatic rings. The average Bonchev–Trinajstić information content (AvgIpc) is 2.92. The maximum absolute atomic E-state index is 13.0. The van der Waals surface area contributed by atoms with E-state index in [-0.39, 0.29) is 30.5 Å². The topological polar surface area (TPSA) is 76.2 Å². The Bertz CT molecular complexity index is 804. The molecule has 1 N–H and O–H groups in total. The zero-order chi connectivity index (χ0) is 15.5. The molecule has 118 valence electrons. The zero-order valence-corrected chi connectivity index (χ0v) is 12.6. The van der Waals surface area contributed by atoms with E-state index < -0.39 is 5.97 Å². The van der Waals surface area contributed by atoms with Crippen molar-refractivity contribution in [1.82, 2.24) is 9.97 Å². The normalized spacial score (nSPS) is 10.1. The van der Waals surface area contributed by atoms with Crippen LogP contribution in [0.5, 0.6) is 0 Å². The molecule has 5 nitrogen and oxygen atoms in total. The minimum Gasteiger partial charge on any atom is -0.481 e. The molecule has 0 radical (unpaired) electrons. The van der Waals surface area contributed by atoms with E-state index >= 15 is 0 Å². The Kier molecular flexibility index (Phi) is 5.08. The van der Waals surface area contributed by atoms with Crippen LogP contribution >= 0.6 is 12.4 Å². The number of hydrogen-bond acceptors (Lipinski definition) is 4. The van der Waals surface area contributed by atoms with Crippen LogP contribution in [0.25, 0.3) is 22.8 Å². The van der Waals surface area contributed by atoms with Gasteiger partial charge in [0.25, 0.3) is 0 Å². The number of aliphatic carboxylic acids is 1. The summed E-state index contributed by atoms with van der Waals surface area (Å²) in [6, 6.07) is 9.12. The summed E-state index contributed by atoms with van der Waals surface area (Å²) in [5.74, 6) is -0.775. The van der Waals surface area contributed by atoms with Crippen molar-refractivity contribution in [2.45, 2.75) is 6.42 Å². The van der Waals surface area contributed by atoms with Crippen LogP contribution in [0.15, 0.2) is 53.2 Å². The maximum atomic E-state index is 13.0. The van der Waals surface area contributed by atoms with E-state index in [2.05, 4.69) is 9.97 Å². The number of carboxylic acid groups (broad SMARTS) is 1. The van der Waals surface area contributed by atoms with Gasteiger partial charge in [-0.3, -0.25) is 9.78 Å². The maximum Gasteiger partial charge on any atom is 0.309 e. The first-order valence-corrected chi connectivity index (χ1v) is 6.51. The van der Waals surface area contributed by atoms with Crippen molar-refractivity contribution in [2.75, 3.05) is 0 Å². The fraction of sp³-hybridized carbons (Fsp3) is 0.0625. The van der Waals surface area contributed by atoms with Crippen LogP contribution in [0.2, 0.25) is 0 Å². The molecular weight excluding hydrogens is 323 g/mol. The van der Waals surface area contributed by atoms with E-state index in [1.165, 1.54) is 24.3 Å². The highest BCUT2D eigenvalue weighted by atomic mass is 35.5. The number of benzene rings is 1. The number of aromatic nitrogens is 2. The van der Waals surface area contributed by atoms with E-state index in [4.69, 9.17) is 9.52 Å². The quantitative estimate of drug-likeness (QED) is 0.789. The third kappa shape index (κ3) is 3.73. The first-order chi connectivity index (χ1) is 10.6. The Morgan fingerprint density at radius 3 is 2.52 bits per heavy atom. The van der Waals surface area contributed by atoms with Crippen LogP contribution in [0, 0.1) is 5.82 Å². The van der Waals surface area contributed by atoms with Gasteiger partial charge in [-0.1, -0.05) is 0 Å². The Hall–Kier alpha value is -2.73. The number of carbonyl (C=O) groups is 1. The van der Waals surface area contributed by atoms with Gasteiger partial charge < -0.3 is 9.52 Å². The molecule has 0 atom stereocenters. The molecular formula is C16H12ClFN2O3. The molecule has 0 saturated heterocycles. The third-order valence-electron chi connectivity index (χ3n) is 3.03. The van der Waals surface area contributed by atoms with Gasteiger partial charge in [0.2, 0.25) is 5.89 Å². The number of rotatable bonds is 4. The van der Waals surface area contributed by atoms with Gasteiger partial charge in [-0.15, -0.1) is 12.4 Å². The van der Waals surface area contributed by atoms with Crippen LogP contribution in [0.4, 0.5) is 4.39 Å². The fourth-order valence-electron chi connectivity index (χ4n) is 2.05. The summed E-state index contributed by atoms with van der Waals surface area (Å²) in [5, 5.41) is 9.01. The molecule has 1 aromatic carbocycles. The number of oxazole rings is 1. The minimum atomic E-state index is -1.01. The summed E-state index contributed by atoms with van der Waals surface area (Å²) in [4.78, 5) is 19.2. The summed E-state index contributed by atoms with van der Waals surface area (Å²) in [6.07, 6.45) is 2.91. The number of pyridine rings is 1. The van der Waals surface area contributed by atoms with E-state index in [9.17, 15) is 9.18 Å². The van der Waals surface area contributed by atoms with Crippen molar-refractivity contribution in [3.05, 3.63) is 60.3 Å². The van der Waals surface area contributed by atoms with Gasteiger partial charge in [0, 0.05) is 23.5 Å². The van der Waals surface area contributed by atoms with Crippen molar-refractivity contribution in [3.63, 3.8) is 0 Å². The Balaban J connectivity index is 0.00000192. The van der Waals surface area contributed by atoms with Gasteiger partial charge in [0.1, 0.15) is 5.82 Å². The van der Waals surface area contributed by atoms with Gasteiger partial charge in [-0.2, -0.15) is 0 Å². The summed E-state index contributed by atoms with van der Waals surface area (Å²) >= 11 is 0. The monoisotopic (exact) mass is 334 g/mol. The molecule has 2 heterocycles. The van der Waals surface area contributed by atoms with Crippen LogP contribution in [0.3, 0.4) is 0 Å². The van der Waals surface area contributed by atoms with Crippen molar-refractivity contribution in [3.8, 4) is 22.8 Å². The smallest absolute Gasteiger partial charge is 0.309 e. The summed E-state index contributed by atoms with van der Waals surface area (Å²) in [7, 11) is 0. The molecule has 7 heteroatoms. The number of halogens is 2. The molecule has 2 aromatic heterocycles. The van der Waals surface area contributed by atoms with E-state index in [0.29, 0.717) is 22.6 Å². The van der Waals surface area contributed by atoms with E-state index in [0.717, 1.165) is 0 Å². The fourth-order valence-corrected chi connectivity index (χ4v) is 2.05. The van der Waals surface area contributed by atoms with Crippen LogP contribution < -0.4 is 0 Å². The average molecular weight is 335 g/mol. The highest BCUT2D eigenvalue weighted by Crippen LogP contribution is 2.29. The van der Waals surface area contributed by atoms with Crippen LogP contribution in [-0.4, -0.2) is 21.0 Å². The first-order valence-electron chi connectivity index (χ1n) is 6.51. The van der Waals surface area contributed by atoms with Crippen molar-refractivity contribution in [1.29, 1.82) is 0 Å². The zero-order valence-electron chi connectivity index (χ0n) is 11.8. The van der Waals surface area contributed by atoms with E-state index in [1.807, 2.05) is 0 Å². The lowest BCUT2D eigenvalue weighted by molar-refractivity contribution is -0.136. The summed E-state index contributed by atoms with van der Waals surface area (Å²) < 4.78 is 18.7. The van der Waals surface area contributed by atoms with Gasteiger partial charge >= 0.3 is 5.97 Å². The number of hydrogen-bond donors (Lipinski definition) is 1. The first kappa shape index (κ1) is 16.6. The molecule has 0 aliphatic heterocycles. The summed E-state index contributed by atoms with van der Waals surface area (Å²) in [5.41, 5.74) is 1.52. The molecule has 0 amide bonds. The third-order valence-corrected chi connectivity index (χ3v) is 3.03. The molecule has 0 bridgehead atoms. The van der Waals surface area contributed by atoms with Gasteiger partial charge in [0.15, 0.2) is 5.76 Å². The molecule has 0 fully saturated rings. The van der Waals surface area contributed by atoms with Crippen molar-refractivity contribution >= 4 is 18.4 Å². The Labute approximate surface area is 137 Å². The molecule has 0 unspecified atom stereocenters. The van der Waals surface area contributed by atoms with E-state index in [1.54, 1.807) is 24.5 Å². The number of carboxylic acids is 1. The predicted molar refractivity (Wildman–Crippen MR) is 83.7 cm³/mol. The predicted octanol–water partition coefficient (Wildman–Crippen LogP) is 3.59. The van der Waals surface area contributed by atoms with Crippen molar-refractivity contribution in [2.24, 2.45) is 0 Å². The molecule has 3 rings (SSSR count). The van der Waals surface area contributed by atoms with Crippen molar-refractivity contribution < 1.29 is 18.7 Å². The van der Waals surface area contributed by atoms with Gasteiger partial charge in [-0.25, -0.2) is 9.37 Å². The SMILES string of the molecule is Cl.O=C(O)Cc1nc(-c2ccc(F)cc2)oc1-c1cccnc1. The molecule has 0 aliphatic rings. The van der Waals surface area contributed by atoms with Gasteiger partial charge in [-0.05, 0) is 36.4 Å². The second-order valence-electron chi connectivity index (χ2n) is 4.61. The molecule has 0 saturated carbocycles. The highest BCUT2D eigenvalue weighted by molar-refractivity contribution is 5.85. The molecule has 0 aliphatic carbocycles. The largest absolute Gasteiger partial charge is 0.481 e. The lowest BCUT2D eigenvalue weighted by Crippen LogP contribution is -2.01. The second kappa shape index (κ2) is 7.02. The lowest BCUT2D eigenvalue weighted by Gasteiger charge is -1.98. The highest BCUT2D eigenvalue weighted by Gasteiger charge is 2.18. The Morgan fingerprint density at radius 1 is 1.17 bits per heavy atom. The van der Waals surface area contributed by atoms with Crippen LogP contribution in [-0.2, 0) is 11.2 Å². The second-order valence-corrected chi connectivity index (χ2v) is 4.61. The lowest BCUT2D eigenvalue weighted by atomic mass is 10.1.